The van der Waals surface area contributed by atoms with Gasteiger partial charge in [-0.1, -0.05) is 34.6 Å². The van der Waals surface area contributed by atoms with Gasteiger partial charge in [-0.25, -0.2) is 0 Å². The van der Waals surface area contributed by atoms with Gasteiger partial charge in [-0.15, -0.1) is 0 Å². The van der Waals surface area contributed by atoms with Crippen LogP contribution in [0.4, 0.5) is 0 Å². The van der Waals surface area contributed by atoms with E-state index < -0.39 is 16.6 Å². The van der Waals surface area contributed by atoms with Crippen LogP contribution in [0.2, 0.25) is 0 Å². The summed E-state index contributed by atoms with van der Waals surface area (Å²) in [4.78, 5) is 13.4. The zero-order chi connectivity index (χ0) is 21.4. The number of rotatable bonds is 8. The van der Waals surface area contributed by atoms with Crippen molar-refractivity contribution in [3.8, 4) is 0 Å². The number of Topliss-reactive ketones (excluding diaryl/α,β-unsaturated/α-hetero) is 1. The van der Waals surface area contributed by atoms with Gasteiger partial charge < -0.3 is 9.47 Å². The molecule has 0 aliphatic heterocycles. The molecule has 0 aromatic carbocycles. The van der Waals surface area contributed by atoms with Gasteiger partial charge in [0.25, 0.3) is 0 Å². The lowest BCUT2D eigenvalue weighted by atomic mass is 9.73. The molecule has 0 unspecified atom stereocenters. The van der Waals surface area contributed by atoms with Gasteiger partial charge in [-0.05, 0) is 80.6 Å². The van der Waals surface area contributed by atoms with E-state index in [1.54, 1.807) is 0 Å². The first-order valence-corrected chi connectivity index (χ1v) is 9.93. The Balaban J connectivity index is 5.34. The molecule has 3 heteroatoms. The Bertz CT molecular complexity index is 439. The second-order valence-corrected chi connectivity index (χ2v) is 12.5. The van der Waals surface area contributed by atoms with E-state index in [1.165, 1.54) is 0 Å². The lowest BCUT2D eigenvalue weighted by Gasteiger charge is -2.44. The predicted molar refractivity (Wildman–Crippen MR) is 112 cm³/mol. The zero-order valence-corrected chi connectivity index (χ0v) is 20.1. The fraction of sp³-hybridized carbons (Fsp3) is 0.957. The highest BCUT2D eigenvalue weighted by molar-refractivity contribution is 5.91. The molecule has 26 heavy (non-hydrogen) atoms. The Morgan fingerprint density at radius 1 is 0.615 bits per heavy atom. The van der Waals surface area contributed by atoms with Crippen molar-refractivity contribution in [2.75, 3.05) is 0 Å². The van der Waals surface area contributed by atoms with Crippen molar-refractivity contribution in [2.45, 2.75) is 132 Å². The van der Waals surface area contributed by atoms with Crippen molar-refractivity contribution in [2.24, 2.45) is 10.8 Å². The lowest BCUT2D eigenvalue weighted by molar-refractivity contribution is -0.179. The van der Waals surface area contributed by atoms with Crippen LogP contribution in [-0.2, 0) is 14.3 Å². The molecule has 0 aliphatic carbocycles. The number of carbonyl (C=O) groups excluding carboxylic acids is 1. The van der Waals surface area contributed by atoms with Gasteiger partial charge >= 0.3 is 0 Å². The normalized spacial score (nSPS) is 15.3. The van der Waals surface area contributed by atoms with E-state index in [1.807, 2.05) is 48.5 Å². The minimum absolute atomic E-state index is 0.123. The summed E-state index contributed by atoms with van der Waals surface area (Å²) >= 11 is 0. The van der Waals surface area contributed by atoms with Gasteiger partial charge in [0.2, 0.25) is 0 Å². The molecule has 0 atom stereocenters. The molecule has 0 N–H and O–H groups in total. The van der Waals surface area contributed by atoms with E-state index in [4.69, 9.17) is 9.47 Å². The fourth-order valence-corrected chi connectivity index (χ4v) is 4.87. The van der Waals surface area contributed by atoms with Crippen LogP contribution in [0, 0.1) is 10.8 Å². The second kappa shape index (κ2) is 7.54. The number of ether oxygens (including phenoxy) is 2. The molecule has 156 valence electrons. The average Bonchev–Trinajstić information content (AvgIpc) is 2.16. The maximum absolute atomic E-state index is 13.4. The molecule has 0 fully saturated rings. The van der Waals surface area contributed by atoms with Crippen molar-refractivity contribution in [3.63, 3.8) is 0 Å². The number of hydrogen-bond donors (Lipinski definition) is 0. The molecule has 0 rings (SSSR count). The van der Waals surface area contributed by atoms with Crippen LogP contribution in [0.5, 0.6) is 0 Å². The Labute approximate surface area is 163 Å². The maximum Gasteiger partial charge on any atom is 0.169 e. The topological polar surface area (TPSA) is 35.5 Å². The van der Waals surface area contributed by atoms with Gasteiger partial charge in [-0.3, -0.25) is 4.79 Å². The Kier molecular flexibility index (Phi) is 7.42. The minimum atomic E-state index is -0.851. The third kappa shape index (κ3) is 9.50. The molecule has 0 aromatic rings. The zero-order valence-electron chi connectivity index (χ0n) is 20.1. The number of hydrogen-bond acceptors (Lipinski definition) is 3. The van der Waals surface area contributed by atoms with Gasteiger partial charge in [0.05, 0.1) is 16.8 Å². The van der Waals surface area contributed by atoms with E-state index in [-0.39, 0.29) is 22.4 Å². The summed E-state index contributed by atoms with van der Waals surface area (Å²) in [6.45, 7) is 28.8. The Morgan fingerprint density at radius 2 is 1.00 bits per heavy atom. The van der Waals surface area contributed by atoms with E-state index in [0.717, 1.165) is 6.42 Å². The average molecular weight is 371 g/mol. The standard InChI is InChI=1S/C23H46O3/c1-18(2,3)15-21(9,10)26-23(13,14)17(24)20(7,8)16-22(11,12)25-19(4,5)6/h15-16H2,1-14H3. The molecule has 0 aromatic heterocycles. The molecule has 0 radical (unpaired) electrons. The van der Waals surface area contributed by atoms with Gasteiger partial charge in [0, 0.05) is 5.41 Å². The second-order valence-electron chi connectivity index (χ2n) is 12.5. The van der Waals surface area contributed by atoms with Crippen LogP contribution in [0.1, 0.15) is 110 Å². The van der Waals surface area contributed by atoms with Crippen molar-refractivity contribution in [1.82, 2.24) is 0 Å². The summed E-state index contributed by atoms with van der Waals surface area (Å²) in [6, 6.07) is 0. The smallest absolute Gasteiger partial charge is 0.169 e. The maximum atomic E-state index is 13.4. The van der Waals surface area contributed by atoms with Crippen molar-refractivity contribution in [1.29, 1.82) is 0 Å². The van der Waals surface area contributed by atoms with Gasteiger partial charge in [0.1, 0.15) is 5.60 Å². The van der Waals surface area contributed by atoms with Crippen molar-refractivity contribution in [3.05, 3.63) is 0 Å². The molecular weight excluding hydrogens is 324 g/mol. The van der Waals surface area contributed by atoms with Crippen LogP contribution in [0.25, 0.3) is 0 Å². The fourth-order valence-electron chi connectivity index (χ4n) is 4.87. The Hall–Kier alpha value is -0.410. The molecule has 0 spiro atoms. The van der Waals surface area contributed by atoms with Crippen molar-refractivity contribution < 1.29 is 14.3 Å². The summed E-state index contributed by atoms with van der Waals surface area (Å²) in [5, 5.41) is 0. The third-order valence-electron chi connectivity index (χ3n) is 4.10. The van der Waals surface area contributed by atoms with Gasteiger partial charge in [0.15, 0.2) is 5.78 Å². The molecule has 3 nitrogen and oxygen atoms in total. The monoisotopic (exact) mass is 370 g/mol. The number of carbonyl (C=O) groups is 1. The van der Waals surface area contributed by atoms with E-state index in [2.05, 4.69) is 48.5 Å². The minimum Gasteiger partial charge on any atom is -0.370 e. The van der Waals surface area contributed by atoms with Crippen molar-refractivity contribution >= 4 is 5.78 Å². The molecule has 0 saturated heterocycles. The summed E-state index contributed by atoms with van der Waals surface area (Å²) < 4.78 is 12.6. The first-order valence-electron chi connectivity index (χ1n) is 9.93. The van der Waals surface area contributed by atoms with E-state index in [9.17, 15) is 4.79 Å². The van der Waals surface area contributed by atoms with E-state index in [0.29, 0.717) is 6.42 Å². The largest absolute Gasteiger partial charge is 0.370 e. The van der Waals surface area contributed by atoms with Crippen LogP contribution < -0.4 is 0 Å². The Morgan fingerprint density at radius 3 is 1.35 bits per heavy atom. The van der Waals surface area contributed by atoms with Gasteiger partial charge in [-0.2, -0.15) is 0 Å². The summed E-state index contributed by atoms with van der Waals surface area (Å²) in [5.41, 5.74) is -2.27. The first kappa shape index (κ1) is 25.6. The van der Waals surface area contributed by atoms with Crippen LogP contribution >= 0.6 is 0 Å². The molecule has 0 bridgehead atoms. The SMILES string of the molecule is CC(C)(C)CC(C)(C)OC(C)(C)C(=O)C(C)(C)CC(C)(C)OC(C)(C)C. The molecular formula is C23H46O3. The quantitative estimate of drug-likeness (QED) is 0.484. The third-order valence-corrected chi connectivity index (χ3v) is 4.10. The molecule has 0 heterocycles. The highest BCUT2D eigenvalue weighted by atomic mass is 16.5. The highest BCUT2D eigenvalue weighted by Gasteiger charge is 2.46. The summed E-state index contributed by atoms with van der Waals surface area (Å²) in [5.74, 6) is 0.123. The highest BCUT2D eigenvalue weighted by Crippen LogP contribution is 2.40. The van der Waals surface area contributed by atoms with Crippen LogP contribution in [0.15, 0.2) is 0 Å². The first-order chi connectivity index (χ1) is 11.0. The number of ketones is 1. The van der Waals surface area contributed by atoms with Crippen LogP contribution in [0.3, 0.4) is 0 Å². The van der Waals surface area contributed by atoms with E-state index >= 15 is 0 Å². The molecule has 0 saturated carbocycles. The lowest BCUT2D eigenvalue weighted by Crippen LogP contribution is -2.51. The van der Waals surface area contributed by atoms with Crippen LogP contribution in [-0.4, -0.2) is 28.2 Å². The summed E-state index contributed by atoms with van der Waals surface area (Å²) in [7, 11) is 0. The summed E-state index contributed by atoms with van der Waals surface area (Å²) in [6.07, 6.45) is 1.53. The predicted octanol–water partition coefficient (Wildman–Crippen LogP) is 6.58. The molecule has 0 amide bonds. The molecule has 0 aliphatic rings.